The van der Waals surface area contributed by atoms with E-state index in [-0.39, 0.29) is 0 Å². The molecule has 3 rings (SSSR count). The predicted molar refractivity (Wildman–Crippen MR) is 110 cm³/mol. The first-order valence-electron chi connectivity index (χ1n) is 9.92. The second-order valence-corrected chi connectivity index (χ2v) is 7.06. The van der Waals surface area contributed by atoms with E-state index >= 15 is 0 Å². The van der Waals surface area contributed by atoms with Crippen molar-refractivity contribution in [1.29, 1.82) is 0 Å². The minimum Gasteiger partial charge on any atom is -0.493 e. The lowest BCUT2D eigenvalue weighted by Gasteiger charge is -2.34. The van der Waals surface area contributed by atoms with Gasteiger partial charge >= 0.3 is 0 Å². The van der Waals surface area contributed by atoms with Gasteiger partial charge < -0.3 is 19.1 Å². The highest BCUT2D eigenvalue weighted by Crippen LogP contribution is 2.33. The first-order valence-corrected chi connectivity index (χ1v) is 9.92. The van der Waals surface area contributed by atoms with Crippen molar-refractivity contribution in [3.8, 4) is 17.2 Å². The van der Waals surface area contributed by atoms with Gasteiger partial charge in [0.2, 0.25) is 0 Å². The molecule has 2 aromatic carbocycles. The Morgan fingerprint density at radius 2 is 1.67 bits per heavy atom. The molecule has 0 spiro atoms. The molecule has 1 fully saturated rings. The Labute approximate surface area is 163 Å². The Kier molecular flexibility index (Phi) is 6.86. The molecule has 0 bridgehead atoms. The third-order valence-corrected chi connectivity index (χ3v) is 5.41. The number of ether oxygens (including phenoxy) is 3. The molecule has 0 amide bonds. The van der Waals surface area contributed by atoms with E-state index in [1.807, 2.05) is 19.1 Å². The normalized spacial score (nSPS) is 14.9. The Balaban J connectivity index is 1.53. The molecule has 146 valence electrons. The van der Waals surface area contributed by atoms with Crippen molar-refractivity contribution in [3.05, 3.63) is 48.0 Å². The molecule has 0 unspecified atom stereocenters. The summed E-state index contributed by atoms with van der Waals surface area (Å²) in [5.41, 5.74) is 2.55. The van der Waals surface area contributed by atoms with Crippen LogP contribution >= 0.6 is 0 Å². The molecule has 0 saturated carbocycles. The van der Waals surface area contributed by atoms with E-state index in [1.165, 1.54) is 30.5 Å². The van der Waals surface area contributed by atoms with Crippen LogP contribution in [0.3, 0.4) is 0 Å². The maximum Gasteiger partial charge on any atom is 0.160 e. The van der Waals surface area contributed by atoms with Crippen LogP contribution < -0.4 is 19.1 Å². The fourth-order valence-electron chi connectivity index (χ4n) is 3.87. The summed E-state index contributed by atoms with van der Waals surface area (Å²) in [5.74, 6) is 3.39. The maximum absolute atomic E-state index is 5.80. The number of piperidine rings is 1. The summed E-state index contributed by atoms with van der Waals surface area (Å²) in [6, 6.07) is 14.6. The van der Waals surface area contributed by atoms with Crippen LogP contribution in [0.25, 0.3) is 0 Å². The standard InChI is InChI=1S/C23H31NO3/c1-4-27-21-8-6-5-7-20(21)24-15-13-18(14-16-24)9-10-19-11-12-22(25-2)23(17-19)26-3/h5-8,11-12,17-18H,4,9-10,13-16H2,1-3H3. The van der Waals surface area contributed by atoms with Crippen molar-refractivity contribution >= 4 is 5.69 Å². The predicted octanol–water partition coefficient (Wildman–Crippen LogP) is 4.95. The molecule has 1 saturated heterocycles. The Morgan fingerprint density at radius 1 is 0.926 bits per heavy atom. The van der Waals surface area contributed by atoms with Gasteiger partial charge in [0.25, 0.3) is 0 Å². The number of methoxy groups -OCH3 is 2. The van der Waals surface area contributed by atoms with Gasteiger partial charge in [0.15, 0.2) is 11.5 Å². The van der Waals surface area contributed by atoms with Crippen molar-refractivity contribution in [3.63, 3.8) is 0 Å². The van der Waals surface area contributed by atoms with Crippen LogP contribution in [-0.2, 0) is 6.42 Å². The zero-order valence-corrected chi connectivity index (χ0v) is 16.7. The lowest BCUT2D eigenvalue weighted by Crippen LogP contribution is -2.34. The van der Waals surface area contributed by atoms with E-state index in [1.54, 1.807) is 14.2 Å². The maximum atomic E-state index is 5.80. The highest BCUT2D eigenvalue weighted by atomic mass is 16.5. The third kappa shape index (κ3) is 4.88. The highest BCUT2D eigenvalue weighted by molar-refractivity contribution is 5.58. The minimum atomic E-state index is 0.707. The van der Waals surface area contributed by atoms with Crippen molar-refractivity contribution in [1.82, 2.24) is 0 Å². The smallest absolute Gasteiger partial charge is 0.160 e. The molecule has 2 aromatic rings. The quantitative estimate of drug-likeness (QED) is 0.659. The molecule has 27 heavy (non-hydrogen) atoms. The van der Waals surface area contributed by atoms with Gasteiger partial charge in [-0.25, -0.2) is 0 Å². The topological polar surface area (TPSA) is 30.9 Å². The van der Waals surface area contributed by atoms with Gasteiger partial charge in [0.05, 0.1) is 26.5 Å². The van der Waals surface area contributed by atoms with E-state index in [0.717, 1.165) is 42.7 Å². The molecule has 0 N–H and O–H groups in total. The Bertz CT molecular complexity index is 723. The van der Waals surface area contributed by atoms with Crippen molar-refractivity contribution < 1.29 is 14.2 Å². The minimum absolute atomic E-state index is 0.707. The van der Waals surface area contributed by atoms with Crippen LogP contribution in [0.4, 0.5) is 5.69 Å². The monoisotopic (exact) mass is 369 g/mol. The van der Waals surface area contributed by atoms with Gasteiger partial charge in [-0.15, -0.1) is 0 Å². The van der Waals surface area contributed by atoms with Crippen LogP contribution in [0.2, 0.25) is 0 Å². The lowest BCUT2D eigenvalue weighted by molar-refractivity contribution is 0.336. The lowest BCUT2D eigenvalue weighted by atomic mass is 9.90. The molecule has 0 aliphatic carbocycles. The number of anilines is 1. The molecule has 1 aliphatic heterocycles. The molecular weight excluding hydrogens is 338 g/mol. The number of rotatable bonds is 8. The van der Waals surface area contributed by atoms with E-state index in [4.69, 9.17) is 14.2 Å². The number of para-hydroxylation sites is 2. The Morgan fingerprint density at radius 3 is 2.37 bits per heavy atom. The second-order valence-electron chi connectivity index (χ2n) is 7.06. The van der Waals surface area contributed by atoms with Crippen LogP contribution in [-0.4, -0.2) is 33.9 Å². The largest absolute Gasteiger partial charge is 0.493 e. The van der Waals surface area contributed by atoms with Crippen LogP contribution in [0.15, 0.2) is 42.5 Å². The number of nitrogens with zero attached hydrogens (tertiary/aromatic N) is 1. The average Bonchev–Trinajstić information content (AvgIpc) is 2.73. The van der Waals surface area contributed by atoms with E-state index in [2.05, 4.69) is 35.2 Å². The molecule has 1 heterocycles. The summed E-state index contributed by atoms with van der Waals surface area (Å²) >= 11 is 0. The highest BCUT2D eigenvalue weighted by Gasteiger charge is 2.21. The fourth-order valence-corrected chi connectivity index (χ4v) is 3.87. The number of hydrogen-bond acceptors (Lipinski definition) is 4. The van der Waals surface area contributed by atoms with Crippen LogP contribution in [0, 0.1) is 5.92 Å². The van der Waals surface area contributed by atoms with E-state index in [9.17, 15) is 0 Å². The van der Waals surface area contributed by atoms with Gasteiger partial charge in [0, 0.05) is 13.1 Å². The summed E-state index contributed by atoms with van der Waals surface area (Å²) in [7, 11) is 3.37. The van der Waals surface area contributed by atoms with Gasteiger partial charge in [0.1, 0.15) is 5.75 Å². The summed E-state index contributed by atoms with van der Waals surface area (Å²) in [6.45, 7) is 4.94. The summed E-state index contributed by atoms with van der Waals surface area (Å²) < 4.78 is 16.5. The zero-order chi connectivity index (χ0) is 19.1. The van der Waals surface area contributed by atoms with E-state index in [0.29, 0.717) is 6.61 Å². The Hall–Kier alpha value is -2.36. The van der Waals surface area contributed by atoms with Crippen molar-refractivity contribution in [2.75, 3.05) is 38.8 Å². The third-order valence-electron chi connectivity index (χ3n) is 5.41. The van der Waals surface area contributed by atoms with Crippen molar-refractivity contribution in [2.24, 2.45) is 5.92 Å². The number of hydrogen-bond donors (Lipinski definition) is 0. The summed E-state index contributed by atoms with van der Waals surface area (Å²) in [4.78, 5) is 2.47. The van der Waals surface area contributed by atoms with Gasteiger partial charge in [-0.3, -0.25) is 0 Å². The first kappa shape index (κ1) is 19.4. The molecule has 0 radical (unpaired) electrons. The molecule has 0 aromatic heterocycles. The van der Waals surface area contributed by atoms with Gasteiger partial charge in [-0.2, -0.15) is 0 Å². The molecule has 0 atom stereocenters. The fraction of sp³-hybridized carbons (Fsp3) is 0.478. The van der Waals surface area contributed by atoms with Crippen LogP contribution in [0.5, 0.6) is 17.2 Å². The molecule has 1 aliphatic rings. The average molecular weight is 370 g/mol. The molecule has 4 heteroatoms. The molecule has 4 nitrogen and oxygen atoms in total. The summed E-state index contributed by atoms with van der Waals surface area (Å²) in [5, 5.41) is 0. The SMILES string of the molecule is CCOc1ccccc1N1CCC(CCc2ccc(OC)c(OC)c2)CC1. The van der Waals surface area contributed by atoms with Gasteiger partial charge in [-0.1, -0.05) is 18.2 Å². The number of benzene rings is 2. The first-order chi connectivity index (χ1) is 13.2. The van der Waals surface area contributed by atoms with Crippen LogP contribution in [0.1, 0.15) is 31.7 Å². The van der Waals surface area contributed by atoms with Crippen molar-refractivity contribution in [2.45, 2.75) is 32.6 Å². The summed E-state index contributed by atoms with van der Waals surface area (Å²) in [6.07, 6.45) is 4.76. The number of aryl methyl sites for hydroxylation is 1. The molecular formula is C23H31NO3. The second kappa shape index (κ2) is 9.54. The zero-order valence-electron chi connectivity index (χ0n) is 16.7. The van der Waals surface area contributed by atoms with E-state index < -0.39 is 0 Å². The van der Waals surface area contributed by atoms with Gasteiger partial charge in [-0.05, 0) is 68.4 Å².